The fourth-order valence-corrected chi connectivity index (χ4v) is 4.79. The highest BCUT2D eigenvalue weighted by Crippen LogP contribution is 2.17. The molecule has 0 saturated heterocycles. The van der Waals surface area contributed by atoms with Gasteiger partial charge < -0.3 is 0 Å². The normalized spacial score (nSPS) is 11.9. The molecule has 0 aliphatic carbocycles. The zero-order valence-electron chi connectivity index (χ0n) is 11.5. The Morgan fingerprint density at radius 3 is 1.39 bits per heavy atom. The summed E-state index contributed by atoms with van der Waals surface area (Å²) in [6.45, 7) is 0. The zero-order valence-corrected chi connectivity index (χ0v) is 13.2. The predicted molar refractivity (Wildman–Crippen MR) is 82.8 cm³/mol. The highest BCUT2D eigenvalue weighted by Gasteiger charge is 2.24. The molecule has 0 fully saturated rings. The summed E-state index contributed by atoms with van der Waals surface area (Å²) in [6, 6.07) is 9.79. The number of sulfonamides is 2. The first-order chi connectivity index (χ1) is 10.7. The molecular weight excluding hydrogens is 350 g/mol. The van der Waals surface area contributed by atoms with Crippen molar-refractivity contribution in [2.45, 2.75) is 0 Å². The molecule has 0 aromatic heterocycles. The van der Waals surface area contributed by atoms with E-state index in [1.165, 1.54) is 24.3 Å². The van der Waals surface area contributed by atoms with Gasteiger partial charge in [-0.05, 0) is 24.3 Å². The van der Waals surface area contributed by atoms with Gasteiger partial charge in [0.2, 0.25) is 20.0 Å². The molecule has 23 heavy (non-hydrogen) atoms. The van der Waals surface area contributed by atoms with Gasteiger partial charge >= 0.3 is 0 Å². The minimum atomic E-state index is -4.41. The maximum Gasteiger partial charge on any atom is 0.249 e. The van der Waals surface area contributed by atoms with Gasteiger partial charge in [-0.25, -0.2) is 25.6 Å². The molecule has 0 bridgehead atoms. The quantitative estimate of drug-likeness (QED) is 0.823. The first-order valence-corrected chi connectivity index (χ1v) is 9.49. The van der Waals surface area contributed by atoms with Crippen LogP contribution in [0, 0.1) is 11.6 Å². The molecule has 124 valence electrons. The monoisotopic (exact) mass is 362 g/mol. The number of hydrogen-bond acceptors (Lipinski definition) is 4. The van der Waals surface area contributed by atoms with Crippen LogP contribution in [0.4, 0.5) is 20.2 Å². The molecule has 0 heterocycles. The van der Waals surface area contributed by atoms with Crippen LogP contribution in [0.2, 0.25) is 0 Å². The number of anilines is 2. The van der Waals surface area contributed by atoms with E-state index in [4.69, 9.17) is 0 Å². The van der Waals surface area contributed by atoms with Crippen molar-refractivity contribution in [1.82, 2.24) is 0 Å². The van der Waals surface area contributed by atoms with Crippen molar-refractivity contribution >= 4 is 31.4 Å². The standard InChI is InChI=1S/C13H12F2N2O4S2/c14-10-5-1-3-7-12(10)16-22(18,19)9-23(20,21)17-13-8-4-2-6-11(13)15/h1-8,16-17H,9H2. The topological polar surface area (TPSA) is 92.3 Å². The van der Waals surface area contributed by atoms with E-state index in [0.29, 0.717) is 0 Å². The Bertz CT molecular complexity index is 840. The van der Waals surface area contributed by atoms with Gasteiger partial charge in [-0.15, -0.1) is 0 Å². The molecule has 0 saturated carbocycles. The number of hydrogen-bond donors (Lipinski definition) is 2. The average molecular weight is 362 g/mol. The van der Waals surface area contributed by atoms with E-state index in [-0.39, 0.29) is 11.4 Å². The van der Waals surface area contributed by atoms with Gasteiger partial charge in [0.25, 0.3) is 0 Å². The SMILES string of the molecule is O=S(=O)(CS(=O)(=O)Nc1ccccc1F)Nc1ccccc1F. The van der Waals surface area contributed by atoms with Crippen LogP contribution in [0.5, 0.6) is 0 Å². The number of rotatable bonds is 6. The fourth-order valence-electron chi connectivity index (χ4n) is 1.69. The number of nitrogens with one attached hydrogen (secondary N) is 2. The molecule has 2 rings (SSSR count). The van der Waals surface area contributed by atoms with Crippen molar-refractivity contribution in [1.29, 1.82) is 0 Å². The van der Waals surface area contributed by atoms with E-state index in [2.05, 4.69) is 0 Å². The molecule has 0 radical (unpaired) electrons. The molecule has 10 heteroatoms. The third-order valence-electron chi connectivity index (χ3n) is 2.59. The third-order valence-corrected chi connectivity index (χ3v) is 6.13. The first kappa shape index (κ1) is 17.2. The lowest BCUT2D eigenvalue weighted by molar-refractivity contribution is 0.591. The van der Waals surface area contributed by atoms with Gasteiger partial charge in [0.15, 0.2) is 5.08 Å². The minimum absolute atomic E-state index is 0.381. The molecule has 2 N–H and O–H groups in total. The average Bonchev–Trinajstić information content (AvgIpc) is 2.42. The van der Waals surface area contributed by atoms with Gasteiger partial charge in [0.1, 0.15) is 11.6 Å². The molecule has 0 atom stereocenters. The Kier molecular flexibility index (Phi) is 4.85. The summed E-state index contributed by atoms with van der Waals surface area (Å²) in [6.07, 6.45) is 0. The summed E-state index contributed by atoms with van der Waals surface area (Å²) in [5.74, 6) is -1.70. The van der Waals surface area contributed by atoms with Crippen LogP contribution in [0.3, 0.4) is 0 Å². The van der Waals surface area contributed by atoms with E-state index in [1.54, 1.807) is 0 Å². The molecule has 0 spiro atoms. The highest BCUT2D eigenvalue weighted by atomic mass is 32.3. The van der Waals surface area contributed by atoms with Crippen LogP contribution in [0.1, 0.15) is 0 Å². The second-order valence-electron chi connectivity index (χ2n) is 4.51. The lowest BCUT2D eigenvalue weighted by Gasteiger charge is -2.11. The molecule has 2 aromatic carbocycles. The maximum atomic E-state index is 13.4. The van der Waals surface area contributed by atoms with Gasteiger partial charge in [-0.3, -0.25) is 9.44 Å². The molecule has 0 unspecified atom stereocenters. The van der Waals surface area contributed by atoms with Crippen LogP contribution in [-0.2, 0) is 20.0 Å². The second-order valence-corrected chi connectivity index (χ2v) is 8.32. The number of para-hydroxylation sites is 2. The fraction of sp³-hybridized carbons (Fsp3) is 0.0769. The summed E-state index contributed by atoms with van der Waals surface area (Å²) < 4.78 is 77.9. The summed E-state index contributed by atoms with van der Waals surface area (Å²) >= 11 is 0. The Morgan fingerprint density at radius 2 is 1.04 bits per heavy atom. The largest absolute Gasteiger partial charge is 0.280 e. The van der Waals surface area contributed by atoms with Crippen LogP contribution in [-0.4, -0.2) is 21.9 Å². The molecule has 2 aromatic rings. The zero-order chi connectivity index (χ0) is 17.1. The highest BCUT2D eigenvalue weighted by molar-refractivity contribution is 8.09. The Balaban J connectivity index is 2.16. The van der Waals surface area contributed by atoms with Crippen molar-refractivity contribution in [3.05, 3.63) is 60.2 Å². The van der Waals surface area contributed by atoms with Gasteiger partial charge in [-0.1, -0.05) is 24.3 Å². The lowest BCUT2D eigenvalue weighted by atomic mass is 10.3. The predicted octanol–water partition coefficient (Wildman–Crippen LogP) is 2.11. The van der Waals surface area contributed by atoms with Gasteiger partial charge in [0.05, 0.1) is 11.4 Å². The van der Waals surface area contributed by atoms with E-state index in [0.717, 1.165) is 24.3 Å². The molecule has 0 amide bonds. The van der Waals surface area contributed by atoms with E-state index in [9.17, 15) is 25.6 Å². The molecule has 0 aliphatic rings. The van der Waals surface area contributed by atoms with Crippen LogP contribution >= 0.6 is 0 Å². The van der Waals surface area contributed by atoms with Gasteiger partial charge in [0, 0.05) is 0 Å². The van der Waals surface area contributed by atoms with Crippen molar-refractivity contribution in [3.8, 4) is 0 Å². The second kappa shape index (κ2) is 6.50. The summed E-state index contributed by atoms with van der Waals surface area (Å²) in [5, 5.41) is -1.39. The van der Waals surface area contributed by atoms with E-state index < -0.39 is 36.8 Å². The maximum absolute atomic E-state index is 13.4. The summed E-state index contributed by atoms with van der Waals surface area (Å²) in [7, 11) is -8.82. The third kappa shape index (κ3) is 4.89. The van der Waals surface area contributed by atoms with Crippen LogP contribution in [0.15, 0.2) is 48.5 Å². The van der Waals surface area contributed by atoms with E-state index in [1.807, 2.05) is 9.44 Å². The Labute approximate surface area is 132 Å². The smallest absolute Gasteiger partial charge is 0.249 e. The number of halogens is 2. The Hall–Kier alpha value is -2.20. The number of benzene rings is 2. The first-order valence-electron chi connectivity index (χ1n) is 6.18. The molecule has 0 aliphatic heterocycles. The Morgan fingerprint density at radius 1 is 0.696 bits per heavy atom. The van der Waals surface area contributed by atoms with E-state index >= 15 is 0 Å². The van der Waals surface area contributed by atoms with Crippen LogP contribution in [0.25, 0.3) is 0 Å². The summed E-state index contributed by atoms with van der Waals surface area (Å²) in [5.41, 5.74) is -0.762. The summed E-state index contributed by atoms with van der Waals surface area (Å²) in [4.78, 5) is 0. The van der Waals surface area contributed by atoms with Gasteiger partial charge in [-0.2, -0.15) is 0 Å². The van der Waals surface area contributed by atoms with Crippen LogP contribution < -0.4 is 9.44 Å². The minimum Gasteiger partial charge on any atom is -0.280 e. The van der Waals surface area contributed by atoms with Crippen molar-refractivity contribution in [3.63, 3.8) is 0 Å². The molecule has 6 nitrogen and oxygen atoms in total. The lowest BCUT2D eigenvalue weighted by Crippen LogP contribution is -2.28. The van der Waals surface area contributed by atoms with Crippen molar-refractivity contribution in [2.24, 2.45) is 0 Å². The van der Waals surface area contributed by atoms with Crippen molar-refractivity contribution < 1.29 is 25.6 Å². The molecular formula is C13H12F2N2O4S2. The van der Waals surface area contributed by atoms with Crippen molar-refractivity contribution in [2.75, 3.05) is 14.5 Å².